The van der Waals surface area contributed by atoms with Gasteiger partial charge in [-0.3, -0.25) is 19.2 Å². The number of Topliss-reactive ketones (excluding diaryl/α,β-unsaturated/α-hetero) is 1. The van der Waals surface area contributed by atoms with E-state index in [1.807, 2.05) is 0 Å². The van der Waals surface area contributed by atoms with Gasteiger partial charge in [-0.15, -0.1) is 0 Å². The first kappa shape index (κ1) is 39.7. The second-order valence-corrected chi connectivity index (χ2v) is 13.1. The van der Waals surface area contributed by atoms with Gasteiger partial charge in [0.25, 0.3) is 0 Å². The Hall–Kier alpha value is -1.34. The zero-order valence-electron chi connectivity index (χ0n) is 25.1. The van der Waals surface area contributed by atoms with Crippen molar-refractivity contribution in [2.75, 3.05) is 17.8 Å². The van der Waals surface area contributed by atoms with Crippen LogP contribution in [-0.4, -0.2) is 47.4 Å². The zero-order valence-corrected chi connectivity index (χ0v) is 28.1. The molecule has 9 nitrogen and oxygen atoms in total. The first-order valence-corrected chi connectivity index (χ1v) is 18.2. The van der Waals surface area contributed by atoms with Gasteiger partial charge in [-0.1, -0.05) is 70.4 Å². The lowest BCUT2D eigenvalue weighted by molar-refractivity contribution is -0.167. The van der Waals surface area contributed by atoms with Crippen molar-refractivity contribution in [2.24, 2.45) is 8.28 Å². The second-order valence-electron chi connectivity index (χ2n) is 10.2. The molecule has 0 heterocycles. The van der Waals surface area contributed by atoms with Gasteiger partial charge < -0.3 is 20.5 Å². The molecular weight excluding hydrogens is 657 g/mol. The predicted octanol–water partition coefficient (Wildman–Crippen LogP) is 7.03. The summed E-state index contributed by atoms with van der Waals surface area (Å²) in [6, 6.07) is -0.494. The van der Waals surface area contributed by atoms with Crippen molar-refractivity contribution in [3.8, 4) is 0 Å². The fraction of sp³-hybridized carbons (Fsp3) is 0.800. The van der Waals surface area contributed by atoms with Crippen LogP contribution < -0.4 is 11.1 Å². The summed E-state index contributed by atoms with van der Waals surface area (Å²) in [4.78, 5) is 47.2. The standard InChI is InChI=1S/C30H54IN3O6S/c1-2-3-4-5-6-7-8-9-10-11-12-13-14-15-16-20-29(37)39-25-40-30(38)22-21-28(36)33-23-18-17-19-26(32)27(35)24-31-34-41/h9-10,26,41H,2-8,11-25,32H2,1H3,(H,33,36)/b10-9+. The number of halogens is 1. The second kappa shape index (κ2) is 30.1. The highest BCUT2D eigenvalue weighted by Gasteiger charge is 2.13. The summed E-state index contributed by atoms with van der Waals surface area (Å²) in [5, 5.41) is 2.73. The monoisotopic (exact) mass is 711 g/mol. The van der Waals surface area contributed by atoms with Crippen molar-refractivity contribution in [2.45, 2.75) is 135 Å². The van der Waals surface area contributed by atoms with Crippen LogP contribution in [0.1, 0.15) is 129 Å². The number of carbonyl (C=O) groups is 4. The van der Waals surface area contributed by atoms with Crippen LogP contribution in [0, 0.1) is 0 Å². The summed E-state index contributed by atoms with van der Waals surface area (Å²) in [6.07, 6.45) is 22.3. The minimum atomic E-state index is -0.589. The molecule has 0 fully saturated rings. The highest BCUT2D eigenvalue weighted by Crippen LogP contribution is 2.11. The normalized spacial score (nSPS) is 12.3. The number of thiol groups is 1. The number of amides is 1. The molecule has 0 saturated carbocycles. The van der Waals surface area contributed by atoms with Gasteiger partial charge in [0.2, 0.25) is 12.7 Å². The van der Waals surface area contributed by atoms with Gasteiger partial charge in [-0.2, -0.15) is 2.55 Å². The van der Waals surface area contributed by atoms with Crippen molar-refractivity contribution >= 4 is 57.5 Å². The smallest absolute Gasteiger partial charge is 0.309 e. The Kier molecular flexibility index (Phi) is 29.1. The predicted molar refractivity (Wildman–Crippen MR) is 176 cm³/mol. The van der Waals surface area contributed by atoms with Crippen LogP contribution in [0.25, 0.3) is 0 Å². The molecule has 0 aliphatic carbocycles. The van der Waals surface area contributed by atoms with E-state index in [0.29, 0.717) is 36.7 Å². The minimum absolute atomic E-state index is 0.00338. The Morgan fingerprint density at radius 1 is 0.805 bits per heavy atom. The Balaban J connectivity index is 3.55. The molecule has 0 aromatic rings. The molecule has 0 aromatic heterocycles. The van der Waals surface area contributed by atoms with E-state index >= 15 is 0 Å². The van der Waals surface area contributed by atoms with Crippen LogP contribution in [0.3, 0.4) is 0 Å². The Morgan fingerprint density at radius 3 is 2.02 bits per heavy atom. The fourth-order valence-electron chi connectivity index (χ4n) is 4.01. The SMILES string of the molecule is CCCCCCCC/C=C/CCCCCCCC(=O)OCOC(=O)CCC(=O)NCCCCC(N)C(=O)CI=NS. The Labute approximate surface area is 263 Å². The number of nitrogens with one attached hydrogen (secondary N) is 1. The fourth-order valence-corrected chi connectivity index (χ4v) is 5.43. The van der Waals surface area contributed by atoms with Crippen molar-refractivity contribution in [3.63, 3.8) is 0 Å². The molecule has 0 bridgehead atoms. The number of esters is 2. The molecule has 238 valence electrons. The topological polar surface area (TPSA) is 137 Å². The third-order valence-corrected chi connectivity index (χ3v) is 8.68. The number of nitrogens with two attached hydrogens (primary N) is 1. The first-order chi connectivity index (χ1) is 19.9. The molecule has 0 saturated heterocycles. The van der Waals surface area contributed by atoms with E-state index in [1.165, 1.54) is 51.4 Å². The molecule has 1 atom stereocenters. The van der Waals surface area contributed by atoms with E-state index in [0.717, 1.165) is 32.1 Å². The lowest BCUT2D eigenvalue weighted by Crippen LogP contribution is -2.31. The third kappa shape index (κ3) is 28.5. The number of allylic oxidation sites excluding steroid dienone is 2. The summed E-state index contributed by atoms with van der Waals surface area (Å²) in [5.74, 6) is -1.22. The molecular formula is C30H54IN3O6S. The van der Waals surface area contributed by atoms with Gasteiger partial charge in [-0.25, -0.2) is 0 Å². The number of ketones is 1. The molecule has 0 rings (SSSR count). The maximum absolute atomic E-state index is 11.9. The number of unbranched alkanes of at least 4 members (excludes halogenated alkanes) is 12. The third-order valence-electron chi connectivity index (χ3n) is 6.56. The van der Waals surface area contributed by atoms with E-state index in [-0.39, 0.29) is 30.5 Å². The molecule has 0 aromatic carbocycles. The van der Waals surface area contributed by atoms with E-state index in [4.69, 9.17) is 15.2 Å². The van der Waals surface area contributed by atoms with Crippen LogP contribution in [0.15, 0.2) is 14.7 Å². The first-order valence-electron chi connectivity index (χ1n) is 15.3. The number of hydrogen-bond acceptors (Lipinski definition) is 9. The van der Waals surface area contributed by atoms with Crippen LogP contribution in [-0.2, 0) is 28.7 Å². The number of hydrogen-bond donors (Lipinski definition) is 3. The average molecular weight is 712 g/mol. The van der Waals surface area contributed by atoms with Gasteiger partial charge in [0, 0.05) is 40.4 Å². The van der Waals surface area contributed by atoms with Gasteiger partial charge in [0.05, 0.1) is 16.9 Å². The number of alkyl halides is 1. The van der Waals surface area contributed by atoms with Crippen LogP contribution >= 0.6 is 33.8 Å². The summed E-state index contributed by atoms with van der Waals surface area (Å²) >= 11 is 3.20. The molecule has 0 radical (unpaired) electrons. The van der Waals surface area contributed by atoms with Crippen molar-refractivity contribution in [1.29, 1.82) is 0 Å². The Bertz CT molecular complexity index is 767. The average Bonchev–Trinajstić information content (AvgIpc) is 2.96. The maximum Gasteiger partial charge on any atom is 0.309 e. The number of nitrogens with zero attached hydrogens (tertiary/aromatic N) is 1. The van der Waals surface area contributed by atoms with E-state index in [9.17, 15) is 19.2 Å². The van der Waals surface area contributed by atoms with Crippen LogP contribution in [0.2, 0.25) is 0 Å². The molecule has 3 N–H and O–H groups in total. The number of carbonyl (C=O) groups excluding carboxylic acids is 4. The number of ether oxygens (including phenoxy) is 2. The van der Waals surface area contributed by atoms with Crippen molar-refractivity contribution in [3.05, 3.63) is 12.2 Å². The molecule has 0 spiro atoms. The largest absolute Gasteiger partial charge is 0.428 e. The van der Waals surface area contributed by atoms with Gasteiger partial charge in [-0.05, 0) is 64.2 Å². The summed E-state index contributed by atoms with van der Waals surface area (Å²) in [7, 11) is 0. The summed E-state index contributed by atoms with van der Waals surface area (Å²) in [5.41, 5.74) is 5.85. The van der Waals surface area contributed by atoms with E-state index in [2.05, 4.69) is 39.8 Å². The molecule has 41 heavy (non-hydrogen) atoms. The van der Waals surface area contributed by atoms with Gasteiger partial charge in [0.15, 0.2) is 5.78 Å². The highest BCUT2D eigenvalue weighted by molar-refractivity contribution is 14.2. The molecule has 11 heteroatoms. The van der Waals surface area contributed by atoms with Crippen molar-refractivity contribution in [1.82, 2.24) is 5.32 Å². The molecule has 0 aliphatic heterocycles. The molecule has 1 amide bonds. The quantitative estimate of drug-likeness (QED) is 0.0151. The van der Waals surface area contributed by atoms with Crippen LogP contribution in [0.5, 0.6) is 0 Å². The lowest BCUT2D eigenvalue weighted by Gasteiger charge is -2.09. The van der Waals surface area contributed by atoms with Crippen LogP contribution in [0.4, 0.5) is 0 Å². The summed E-state index contributed by atoms with van der Waals surface area (Å²) in [6.45, 7) is 2.27. The zero-order chi connectivity index (χ0) is 30.4. The summed E-state index contributed by atoms with van der Waals surface area (Å²) < 4.78 is 13.9. The van der Waals surface area contributed by atoms with Gasteiger partial charge >= 0.3 is 11.9 Å². The molecule has 1 unspecified atom stereocenters. The highest BCUT2D eigenvalue weighted by atomic mass is 127. The van der Waals surface area contributed by atoms with Crippen molar-refractivity contribution < 1.29 is 28.7 Å². The maximum atomic E-state index is 11.9. The minimum Gasteiger partial charge on any atom is -0.428 e. The van der Waals surface area contributed by atoms with E-state index in [1.54, 1.807) is 0 Å². The lowest BCUT2D eigenvalue weighted by atomic mass is 10.1. The number of rotatable bonds is 28. The van der Waals surface area contributed by atoms with E-state index < -0.39 is 39.8 Å². The van der Waals surface area contributed by atoms with Gasteiger partial charge in [0.1, 0.15) is 0 Å². The molecule has 0 aliphatic rings. The Morgan fingerprint density at radius 2 is 1.39 bits per heavy atom.